The van der Waals surface area contributed by atoms with Gasteiger partial charge in [-0.25, -0.2) is 9.78 Å². The molecule has 2 aromatic heterocycles. The van der Waals surface area contributed by atoms with Crippen LogP contribution in [0.4, 0.5) is 11.4 Å². The third-order valence-corrected chi connectivity index (χ3v) is 6.96. The van der Waals surface area contributed by atoms with Gasteiger partial charge in [0, 0.05) is 18.5 Å². The number of hydrogen-bond acceptors (Lipinski definition) is 7. The second-order valence-electron chi connectivity index (χ2n) is 10.1. The Morgan fingerprint density at radius 1 is 1.30 bits per heavy atom. The molecule has 0 saturated carbocycles. The largest absolute Gasteiger partial charge is 0.464 e. The number of rotatable bonds is 10. The minimum atomic E-state index is -0.963. The highest BCUT2D eigenvalue weighted by molar-refractivity contribution is 6.11. The predicted octanol–water partition coefficient (Wildman–Crippen LogP) is 4.00. The number of methoxy groups -OCH3 is 1. The first kappa shape index (κ1) is 26.6. The number of ether oxygens (including phenoxy) is 2. The molecule has 4 rings (SSSR count). The number of amides is 1. The van der Waals surface area contributed by atoms with E-state index in [0.717, 1.165) is 12.8 Å². The number of aromatic nitrogens is 2. The van der Waals surface area contributed by atoms with Crippen LogP contribution >= 0.6 is 0 Å². The van der Waals surface area contributed by atoms with E-state index in [1.807, 2.05) is 35.8 Å². The maximum absolute atomic E-state index is 13.1. The van der Waals surface area contributed by atoms with Gasteiger partial charge in [-0.2, -0.15) is 0 Å². The Morgan fingerprint density at radius 2 is 2.05 bits per heavy atom. The van der Waals surface area contributed by atoms with Crippen molar-refractivity contribution in [2.75, 3.05) is 31.0 Å². The minimum absolute atomic E-state index is 0.200. The van der Waals surface area contributed by atoms with Gasteiger partial charge in [0.05, 0.1) is 48.8 Å². The first-order chi connectivity index (χ1) is 17.7. The van der Waals surface area contributed by atoms with Crippen molar-refractivity contribution >= 4 is 34.3 Å². The van der Waals surface area contributed by atoms with Crippen molar-refractivity contribution in [3.8, 4) is 0 Å². The summed E-state index contributed by atoms with van der Waals surface area (Å²) in [5.41, 5.74) is 2.12. The van der Waals surface area contributed by atoms with Crippen molar-refractivity contribution in [3.05, 3.63) is 53.9 Å². The molecule has 1 amide bonds. The highest BCUT2D eigenvalue weighted by Gasteiger charge is 2.30. The Balaban J connectivity index is 1.75. The molecule has 0 unspecified atom stereocenters. The summed E-state index contributed by atoms with van der Waals surface area (Å²) in [7, 11) is 1.33. The highest BCUT2D eigenvalue weighted by atomic mass is 16.5. The van der Waals surface area contributed by atoms with E-state index >= 15 is 0 Å². The lowest BCUT2D eigenvalue weighted by molar-refractivity contribution is -0.119. The summed E-state index contributed by atoms with van der Waals surface area (Å²) >= 11 is 0. The van der Waals surface area contributed by atoms with Gasteiger partial charge >= 0.3 is 5.97 Å². The molecule has 1 saturated heterocycles. The lowest BCUT2D eigenvalue weighted by atomic mass is 10.0. The van der Waals surface area contributed by atoms with E-state index in [2.05, 4.69) is 27.8 Å². The Kier molecular flexibility index (Phi) is 8.14. The number of carbonyl (C=O) groups excluding carboxylic acids is 2. The lowest BCUT2D eigenvalue weighted by Crippen LogP contribution is -2.39. The first-order valence-electron chi connectivity index (χ1n) is 12.7. The van der Waals surface area contributed by atoms with Crippen molar-refractivity contribution in [1.29, 1.82) is 0 Å². The number of aliphatic hydroxyl groups is 1. The average molecular weight is 509 g/mol. The lowest BCUT2D eigenvalue weighted by Gasteiger charge is -2.27. The fourth-order valence-corrected chi connectivity index (χ4v) is 4.44. The van der Waals surface area contributed by atoms with Crippen LogP contribution in [-0.2, 0) is 27.2 Å². The van der Waals surface area contributed by atoms with Crippen molar-refractivity contribution in [1.82, 2.24) is 9.55 Å². The smallest absolute Gasteiger partial charge is 0.356 e. The Bertz CT molecular complexity index is 1240. The van der Waals surface area contributed by atoms with Gasteiger partial charge in [0.2, 0.25) is 5.91 Å². The summed E-state index contributed by atoms with van der Waals surface area (Å²) in [6.07, 6.45) is 3.89. The molecule has 1 aromatic carbocycles. The molecule has 0 radical (unpaired) electrons. The molecule has 0 aliphatic carbocycles. The molecule has 37 heavy (non-hydrogen) atoms. The van der Waals surface area contributed by atoms with Crippen LogP contribution in [0.5, 0.6) is 0 Å². The van der Waals surface area contributed by atoms with Crippen LogP contribution in [0.3, 0.4) is 0 Å². The van der Waals surface area contributed by atoms with E-state index < -0.39 is 11.6 Å². The van der Waals surface area contributed by atoms with Gasteiger partial charge in [0.25, 0.3) is 0 Å². The zero-order valence-electron chi connectivity index (χ0n) is 21.9. The second kappa shape index (κ2) is 11.3. The number of fused-ring (bicyclic) bond motifs is 1. The van der Waals surface area contributed by atoms with Gasteiger partial charge in [-0.1, -0.05) is 30.3 Å². The van der Waals surface area contributed by atoms with Crippen molar-refractivity contribution in [2.24, 2.45) is 5.92 Å². The summed E-state index contributed by atoms with van der Waals surface area (Å²) in [6, 6.07) is 11.7. The van der Waals surface area contributed by atoms with E-state index in [1.54, 1.807) is 20.0 Å². The maximum Gasteiger partial charge on any atom is 0.356 e. The molecule has 3 N–H and O–H groups in total. The number of nitrogens with zero attached hydrogens (tertiary/aromatic N) is 2. The number of benzene rings is 1. The molecule has 1 aliphatic rings. The fourth-order valence-electron chi connectivity index (χ4n) is 4.44. The zero-order chi connectivity index (χ0) is 26.6. The van der Waals surface area contributed by atoms with Gasteiger partial charge in [-0.05, 0) is 51.7 Å². The molecule has 0 bridgehead atoms. The molecule has 3 aromatic rings. The van der Waals surface area contributed by atoms with Gasteiger partial charge in [0.1, 0.15) is 5.65 Å². The molecule has 1 aliphatic heterocycles. The quantitative estimate of drug-likeness (QED) is 0.355. The van der Waals surface area contributed by atoms with E-state index in [-0.39, 0.29) is 23.6 Å². The van der Waals surface area contributed by atoms with E-state index in [9.17, 15) is 14.7 Å². The summed E-state index contributed by atoms with van der Waals surface area (Å²) < 4.78 is 12.4. The summed E-state index contributed by atoms with van der Waals surface area (Å²) in [4.78, 5) is 30.8. The number of nitrogens with one attached hydrogen (secondary N) is 2. The Labute approximate surface area is 217 Å². The predicted molar refractivity (Wildman–Crippen MR) is 143 cm³/mol. The molecule has 1 fully saturated rings. The molecular formula is C28H36N4O5. The normalized spacial score (nSPS) is 16.5. The number of carbonyl (C=O) groups is 2. The fraction of sp³-hybridized carbons (Fsp3) is 0.464. The van der Waals surface area contributed by atoms with Crippen LogP contribution in [0.2, 0.25) is 0 Å². The molecule has 9 nitrogen and oxygen atoms in total. The van der Waals surface area contributed by atoms with Crippen LogP contribution < -0.4 is 10.6 Å². The topological polar surface area (TPSA) is 115 Å². The van der Waals surface area contributed by atoms with Gasteiger partial charge < -0.3 is 29.8 Å². The van der Waals surface area contributed by atoms with Gasteiger partial charge in [0.15, 0.2) is 5.69 Å². The maximum atomic E-state index is 13.1. The third kappa shape index (κ3) is 6.11. The minimum Gasteiger partial charge on any atom is -0.464 e. The number of esters is 1. The van der Waals surface area contributed by atoms with Crippen molar-refractivity contribution in [3.63, 3.8) is 0 Å². The van der Waals surface area contributed by atoms with Crippen molar-refractivity contribution in [2.45, 2.75) is 58.2 Å². The van der Waals surface area contributed by atoms with E-state index in [0.29, 0.717) is 48.6 Å². The summed E-state index contributed by atoms with van der Waals surface area (Å²) in [5, 5.41) is 17.3. The number of aryl methyl sites for hydroxylation is 2. The molecule has 198 valence electrons. The molecule has 9 heteroatoms. The molecule has 0 spiro atoms. The number of hydrogen-bond donors (Lipinski definition) is 3. The number of anilines is 2. The SMILES string of the molecule is COC(=O)c1c(NC(=O)[C@@H]2CCOC2)c2cc(N[C@@H](C)C(C)(C)O)cnc2n1CCCc1ccccc1. The van der Waals surface area contributed by atoms with E-state index in [1.165, 1.54) is 12.7 Å². The van der Waals surface area contributed by atoms with Crippen LogP contribution in [0.1, 0.15) is 49.7 Å². The van der Waals surface area contributed by atoms with Crippen LogP contribution in [0, 0.1) is 5.92 Å². The monoisotopic (exact) mass is 508 g/mol. The Morgan fingerprint density at radius 3 is 2.70 bits per heavy atom. The summed E-state index contributed by atoms with van der Waals surface area (Å²) in [5.74, 6) is -1.03. The third-order valence-electron chi connectivity index (χ3n) is 6.96. The Hall–Kier alpha value is -3.43. The standard InChI is InChI=1S/C28H36N4O5/c1-18(28(2,3)35)30-21-15-22-23(31-26(33)20-12-14-37-17-20)24(27(34)36-4)32(25(22)29-16-21)13-8-11-19-9-6-5-7-10-19/h5-7,9-10,15-16,18,20,30,35H,8,11-14,17H2,1-4H3,(H,31,33)/t18-,20+/m0/s1. The second-order valence-corrected chi connectivity index (χ2v) is 10.1. The molecule has 2 atom stereocenters. The van der Waals surface area contributed by atoms with Crippen molar-refractivity contribution < 1.29 is 24.2 Å². The number of pyridine rings is 1. The van der Waals surface area contributed by atoms with Gasteiger partial charge in [-0.15, -0.1) is 0 Å². The summed E-state index contributed by atoms with van der Waals surface area (Å²) in [6.45, 7) is 6.73. The molecular weight excluding hydrogens is 472 g/mol. The highest BCUT2D eigenvalue weighted by Crippen LogP contribution is 2.34. The van der Waals surface area contributed by atoms with Gasteiger partial charge in [-0.3, -0.25) is 4.79 Å². The van der Waals surface area contributed by atoms with Crippen LogP contribution in [0.15, 0.2) is 42.6 Å². The molecule has 3 heterocycles. The average Bonchev–Trinajstić information content (AvgIpc) is 3.51. The van der Waals surface area contributed by atoms with Crippen LogP contribution in [0.25, 0.3) is 11.0 Å². The van der Waals surface area contributed by atoms with E-state index in [4.69, 9.17) is 9.47 Å². The zero-order valence-corrected chi connectivity index (χ0v) is 21.9. The van der Waals surface area contributed by atoms with Crippen LogP contribution in [-0.4, -0.2) is 58.5 Å². The first-order valence-corrected chi connectivity index (χ1v) is 12.7.